The minimum atomic E-state index is -0.330. The molecule has 2 unspecified atom stereocenters. The van der Waals surface area contributed by atoms with Gasteiger partial charge in [0.15, 0.2) is 0 Å². The Hall–Kier alpha value is -1.50. The summed E-state index contributed by atoms with van der Waals surface area (Å²) in [5, 5.41) is 14.2. The lowest BCUT2D eigenvalue weighted by Gasteiger charge is -2.35. The van der Waals surface area contributed by atoms with E-state index in [1.807, 2.05) is 6.07 Å². The van der Waals surface area contributed by atoms with E-state index in [0.717, 1.165) is 25.3 Å². The fourth-order valence-corrected chi connectivity index (χ4v) is 3.22. The van der Waals surface area contributed by atoms with Gasteiger partial charge in [-0.25, -0.2) is 0 Å². The molecule has 2 atom stereocenters. The largest absolute Gasteiger partial charge is 0.374 e. The first-order valence-electron chi connectivity index (χ1n) is 7.52. The Morgan fingerprint density at radius 2 is 2.29 bits per heavy atom. The Morgan fingerprint density at radius 3 is 3.14 bits per heavy atom. The zero-order valence-corrected chi connectivity index (χ0v) is 12.0. The quantitative estimate of drug-likeness (QED) is 0.658. The predicted octanol–water partition coefficient (Wildman–Crippen LogP) is 1.55. The topological polar surface area (TPSA) is 67.6 Å². The molecule has 2 aliphatic heterocycles. The Morgan fingerprint density at radius 1 is 1.43 bits per heavy atom. The molecular formula is C15H21N3O3. The van der Waals surface area contributed by atoms with Gasteiger partial charge in [-0.15, -0.1) is 0 Å². The van der Waals surface area contributed by atoms with Gasteiger partial charge in [-0.2, -0.15) is 0 Å². The molecule has 6 nitrogen and oxygen atoms in total. The number of rotatable bonds is 5. The van der Waals surface area contributed by atoms with Gasteiger partial charge < -0.3 is 10.1 Å². The van der Waals surface area contributed by atoms with Gasteiger partial charge in [0.25, 0.3) is 5.69 Å². The van der Waals surface area contributed by atoms with E-state index in [9.17, 15) is 10.1 Å². The summed E-state index contributed by atoms with van der Waals surface area (Å²) in [6.07, 6.45) is 2.70. The van der Waals surface area contributed by atoms with E-state index in [0.29, 0.717) is 12.6 Å². The molecule has 3 rings (SSSR count). The summed E-state index contributed by atoms with van der Waals surface area (Å²) in [7, 11) is 0. The summed E-state index contributed by atoms with van der Waals surface area (Å²) in [6, 6.07) is 7.47. The Labute approximate surface area is 124 Å². The van der Waals surface area contributed by atoms with Crippen LogP contribution in [-0.4, -0.2) is 48.2 Å². The second kappa shape index (κ2) is 6.51. The van der Waals surface area contributed by atoms with Crippen molar-refractivity contribution in [3.63, 3.8) is 0 Å². The Bertz CT molecular complexity index is 509. The first kappa shape index (κ1) is 14.4. The third-order valence-electron chi connectivity index (χ3n) is 4.34. The van der Waals surface area contributed by atoms with Crippen LogP contribution in [0.5, 0.6) is 0 Å². The molecule has 2 fully saturated rings. The number of hydrogen-bond donors (Lipinski definition) is 1. The average molecular weight is 291 g/mol. The summed E-state index contributed by atoms with van der Waals surface area (Å²) in [5.41, 5.74) is 0.895. The van der Waals surface area contributed by atoms with E-state index in [-0.39, 0.29) is 16.7 Å². The third kappa shape index (κ3) is 3.40. The summed E-state index contributed by atoms with van der Waals surface area (Å²) in [5.74, 6) is 0. The lowest BCUT2D eigenvalue weighted by atomic mass is 10.1. The van der Waals surface area contributed by atoms with Crippen molar-refractivity contribution in [2.75, 3.05) is 26.2 Å². The van der Waals surface area contributed by atoms with Crippen LogP contribution in [0, 0.1) is 10.1 Å². The van der Waals surface area contributed by atoms with Gasteiger partial charge in [-0.1, -0.05) is 18.2 Å². The van der Waals surface area contributed by atoms with Crippen LogP contribution in [0.3, 0.4) is 0 Å². The van der Waals surface area contributed by atoms with Crippen LogP contribution in [0.1, 0.15) is 18.4 Å². The molecule has 2 heterocycles. The van der Waals surface area contributed by atoms with Gasteiger partial charge in [0.1, 0.15) is 0 Å². The zero-order valence-electron chi connectivity index (χ0n) is 12.0. The lowest BCUT2D eigenvalue weighted by Crippen LogP contribution is -2.49. The number of para-hydroxylation sites is 1. The van der Waals surface area contributed by atoms with Crippen molar-refractivity contribution in [3.05, 3.63) is 39.9 Å². The maximum Gasteiger partial charge on any atom is 0.273 e. The molecule has 1 N–H and O–H groups in total. The van der Waals surface area contributed by atoms with Crippen LogP contribution in [0.25, 0.3) is 0 Å². The van der Waals surface area contributed by atoms with Gasteiger partial charge in [-0.3, -0.25) is 15.0 Å². The number of fused-ring (bicyclic) bond motifs is 1. The molecule has 0 aromatic heterocycles. The highest BCUT2D eigenvalue weighted by Crippen LogP contribution is 2.22. The summed E-state index contributed by atoms with van der Waals surface area (Å²) < 4.78 is 5.87. The van der Waals surface area contributed by atoms with Crippen molar-refractivity contribution >= 4 is 5.69 Å². The molecule has 0 saturated carbocycles. The van der Waals surface area contributed by atoms with Crippen LogP contribution in [0.15, 0.2) is 24.3 Å². The number of nitrogens with one attached hydrogen (secondary N) is 1. The minimum Gasteiger partial charge on any atom is -0.374 e. The van der Waals surface area contributed by atoms with Crippen LogP contribution in [0.2, 0.25) is 0 Å². The second-order valence-corrected chi connectivity index (χ2v) is 5.76. The van der Waals surface area contributed by atoms with E-state index in [4.69, 9.17) is 4.74 Å². The van der Waals surface area contributed by atoms with Crippen molar-refractivity contribution in [1.82, 2.24) is 10.2 Å². The highest BCUT2D eigenvalue weighted by Gasteiger charge is 2.31. The molecule has 21 heavy (non-hydrogen) atoms. The van der Waals surface area contributed by atoms with Crippen molar-refractivity contribution in [1.29, 1.82) is 0 Å². The molecule has 6 heteroatoms. The van der Waals surface area contributed by atoms with Crippen molar-refractivity contribution in [3.8, 4) is 0 Å². The van der Waals surface area contributed by atoms with E-state index >= 15 is 0 Å². The van der Waals surface area contributed by atoms with Crippen LogP contribution >= 0.6 is 0 Å². The van der Waals surface area contributed by atoms with Gasteiger partial charge in [-0.05, 0) is 19.4 Å². The highest BCUT2D eigenvalue weighted by molar-refractivity contribution is 5.39. The van der Waals surface area contributed by atoms with Gasteiger partial charge in [0.2, 0.25) is 0 Å². The molecule has 1 aromatic rings. The number of hydrogen-bond acceptors (Lipinski definition) is 5. The van der Waals surface area contributed by atoms with Crippen molar-refractivity contribution in [2.45, 2.75) is 31.5 Å². The maximum atomic E-state index is 11.0. The monoisotopic (exact) mass is 291 g/mol. The zero-order chi connectivity index (χ0) is 14.7. The lowest BCUT2D eigenvalue weighted by molar-refractivity contribution is -0.385. The smallest absolute Gasteiger partial charge is 0.273 e. The Balaban J connectivity index is 1.49. The SMILES string of the molecule is O=[N+]([O-])c1ccccc1CNCC1CN2CCCC2CO1. The molecule has 2 saturated heterocycles. The number of ether oxygens (including phenoxy) is 1. The molecule has 1 aromatic carbocycles. The number of benzene rings is 1. The van der Waals surface area contributed by atoms with Crippen molar-refractivity contribution in [2.24, 2.45) is 0 Å². The van der Waals surface area contributed by atoms with Crippen molar-refractivity contribution < 1.29 is 9.66 Å². The number of nitrogens with zero attached hydrogens (tertiary/aromatic N) is 2. The van der Waals surface area contributed by atoms with E-state index in [2.05, 4.69) is 10.2 Å². The normalized spacial score (nSPS) is 25.7. The van der Waals surface area contributed by atoms with Gasteiger partial charge in [0, 0.05) is 37.3 Å². The molecular weight excluding hydrogens is 270 g/mol. The average Bonchev–Trinajstić information content (AvgIpc) is 2.95. The van der Waals surface area contributed by atoms with E-state index in [1.165, 1.54) is 19.4 Å². The standard InChI is InChI=1S/C15H21N3O3/c19-18(20)15-6-2-1-4-12(15)8-16-9-14-10-17-7-3-5-13(17)11-21-14/h1-2,4,6,13-14,16H,3,5,7-11H2. The first-order chi connectivity index (χ1) is 10.2. The summed E-state index contributed by atoms with van der Waals surface area (Å²) in [6.45, 7) is 4.19. The predicted molar refractivity (Wildman–Crippen MR) is 79.1 cm³/mol. The minimum absolute atomic E-state index is 0.175. The van der Waals surface area contributed by atoms with E-state index < -0.39 is 0 Å². The summed E-state index contributed by atoms with van der Waals surface area (Å²) in [4.78, 5) is 13.1. The number of morpholine rings is 1. The molecule has 0 radical (unpaired) electrons. The fraction of sp³-hybridized carbons (Fsp3) is 0.600. The molecule has 0 bridgehead atoms. The molecule has 114 valence electrons. The van der Waals surface area contributed by atoms with Crippen LogP contribution in [-0.2, 0) is 11.3 Å². The number of nitro benzene ring substituents is 1. The summed E-state index contributed by atoms with van der Waals surface area (Å²) >= 11 is 0. The molecule has 0 amide bonds. The number of nitro groups is 1. The van der Waals surface area contributed by atoms with Gasteiger partial charge in [0.05, 0.1) is 17.6 Å². The van der Waals surface area contributed by atoms with E-state index in [1.54, 1.807) is 18.2 Å². The maximum absolute atomic E-state index is 11.0. The second-order valence-electron chi connectivity index (χ2n) is 5.76. The fourth-order valence-electron chi connectivity index (χ4n) is 3.22. The van der Waals surface area contributed by atoms with Crippen LogP contribution < -0.4 is 5.32 Å². The molecule has 0 spiro atoms. The van der Waals surface area contributed by atoms with Crippen LogP contribution in [0.4, 0.5) is 5.69 Å². The first-order valence-corrected chi connectivity index (χ1v) is 7.52. The Kier molecular flexibility index (Phi) is 4.48. The highest BCUT2D eigenvalue weighted by atomic mass is 16.6. The van der Waals surface area contributed by atoms with Gasteiger partial charge >= 0.3 is 0 Å². The molecule has 0 aliphatic carbocycles. The molecule has 2 aliphatic rings. The third-order valence-corrected chi connectivity index (χ3v) is 4.34.